The second-order valence-corrected chi connectivity index (χ2v) is 9.02. The second-order valence-electron chi connectivity index (χ2n) is 6.62. The highest BCUT2D eigenvalue weighted by molar-refractivity contribution is 7.85. The molecule has 3 aromatic carbocycles. The first-order valence-electron chi connectivity index (χ1n) is 9.00. The monoisotopic (exact) mass is 452 g/mol. The Hall–Kier alpha value is -3.53. The molecule has 9 heteroatoms. The SMILES string of the molecule is O=S(=O)(O)c1cc(O)c2c(O)cc(N=Nc3ccc(/C=C/c4cccs4)cc3)cc2c1. The first kappa shape index (κ1) is 20.7. The summed E-state index contributed by atoms with van der Waals surface area (Å²) in [5.41, 5.74) is 1.84. The molecule has 4 aromatic rings. The molecule has 1 aromatic heterocycles. The maximum Gasteiger partial charge on any atom is 0.294 e. The summed E-state index contributed by atoms with van der Waals surface area (Å²) in [4.78, 5) is 0.667. The second kappa shape index (κ2) is 8.31. The number of thiophene rings is 1. The van der Waals surface area contributed by atoms with E-state index in [0.717, 1.165) is 22.6 Å². The molecule has 0 aliphatic heterocycles. The summed E-state index contributed by atoms with van der Waals surface area (Å²) in [7, 11) is -4.52. The average Bonchev–Trinajstić information content (AvgIpc) is 3.24. The van der Waals surface area contributed by atoms with Crippen molar-refractivity contribution in [3.8, 4) is 11.5 Å². The minimum atomic E-state index is -4.52. The zero-order valence-electron chi connectivity index (χ0n) is 15.9. The van der Waals surface area contributed by atoms with Crippen LogP contribution in [0.2, 0.25) is 0 Å². The minimum Gasteiger partial charge on any atom is -0.507 e. The van der Waals surface area contributed by atoms with Gasteiger partial charge in [0.2, 0.25) is 0 Å². The Morgan fingerprint density at radius 3 is 2.23 bits per heavy atom. The molecule has 0 saturated heterocycles. The summed E-state index contributed by atoms with van der Waals surface area (Å²) in [6.45, 7) is 0. The van der Waals surface area contributed by atoms with Gasteiger partial charge in [0, 0.05) is 17.0 Å². The largest absolute Gasteiger partial charge is 0.507 e. The van der Waals surface area contributed by atoms with Crippen LogP contribution in [0.5, 0.6) is 11.5 Å². The number of hydrogen-bond acceptors (Lipinski definition) is 7. The van der Waals surface area contributed by atoms with E-state index >= 15 is 0 Å². The van der Waals surface area contributed by atoms with Gasteiger partial charge in [-0.3, -0.25) is 4.55 Å². The third kappa shape index (κ3) is 4.80. The quantitative estimate of drug-likeness (QED) is 0.248. The van der Waals surface area contributed by atoms with Gasteiger partial charge in [0.05, 0.1) is 21.7 Å². The van der Waals surface area contributed by atoms with Crippen molar-refractivity contribution in [3.05, 3.63) is 76.5 Å². The molecule has 0 saturated carbocycles. The van der Waals surface area contributed by atoms with E-state index in [2.05, 4.69) is 10.2 Å². The molecule has 0 aliphatic carbocycles. The number of benzene rings is 3. The first-order chi connectivity index (χ1) is 14.8. The predicted molar refractivity (Wildman–Crippen MR) is 121 cm³/mol. The van der Waals surface area contributed by atoms with Gasteiger partial charge in [0.25, 0.3) is 10.1 Å². The Morgan fingerprint density at radius 1 is 0.839 bits per heavy atom. The minimum absolute atomic E-state index is 0.0493. The van der Waals surface area contributed by atoms with Crippen molar-refractivity contribution >= 4 is 55.8 Å². The smallest absolute Gasteiger partial charge is 0.294 e. The maximum atomic E-state index is 11.4. The van der Waals surface area contributed by atoms with Crippen LogP contribution in [0.1, 0.15) is 10.4 Å². The van der Waals surface area contributed by atoms with Gasteiger partial charge >= 0.3 is 0 Å². The third-order valence-corrected chi connectivity index (χ3v) is 6.09. The molecule has 0 fully saturated rings. The molecule has 0 amide bonds. The van der Waals surface area contributed by atoms with E-state index in [-0.39, 0.29) is 22.2 Å². The van der Waals surface area contributed by atoms with Crippen LogP contribution < -0.4 is 0 Å². The molecular formula is C22H16N2O5S2. The number of fused-ring (bicyclic) bond motifs is 1. The normalized spacial score (nSPS) is 12.3. The lowest BCUT2D eigenvalue weighted by atomic mass is 10.1. The summed E-state index contributed by atoms with van der Waals surface area (Å²) in [5, 5.41) is 30.7. The summed E-state index contributed by atoms with van der Waals surface area (Å²) in [6.07, 6.45) is 4.02. The van der Waals surface area contributed by atoms with E-state index < -0.39 is 20.8 Å². The lowest BCUT2D eigenvalue weighted by molar-refractivity contribution is 0.459. The zero-order chi connectivity index (χ0) is 22.0. The van der Waals surface area contributed by atoms with Crippen molar-refractivity contribution in [2.24, 2.45) is 10.2 Å². The number of phenols is 2. The molecule has 0 spiro atoms. The van der Waals surface area contributed by atoms with Crippen LogP contribution in [0, 0.1) is 0 Å². The number of azo groups is 1. The summed E-state index contributed by atoms with van der Waals surface area (Å²) in [6, 6.07) is 16.2. The van der Waals surface area contributed by atoms with Gasteiger partial charge < -0.3 is 10.2 Å². The fourth-order valence-corrected chi connectivity index (χ4v) is 4.12. The Morgan fingerprint density at radius 2 is 1.55 bits per heavy atom. The molecule has 1 heterocycles. The molecule has 0 atom stereocenters. The van der Waals surface area contributed by atoms with E-state index in [4.69, 9.17) is 0 Å². The van der Waals surface area contributed by atoms with Gasteiger partial charge in [0.15, 0.2) is 0 Å². The maximum absolute atomic E-state index is 11.4. The summed E-state index contributed by atoms with van der Waals surface area (Å²) < 4.78 is 32.0. The third-order valence-electron chi connectivity index (χ3n) is 4.42. The van der Waals surface area contributed by atoms with Crippen LogP contribution >= 0.6 is 11.3 Å². The van der Waals surface area contributed by atoms with Gasteiger partial charge in [-0.1, -0.05) is 24.3 Å². The Kier molecular flexibility index (Phi) is 5.55. The summed E-state index contributed by atoms with van der Waals surface area (Å²) in [5.74, 6) is -0.766. The van der Waals surface area contributed by atoms with E-state index in [1.807, 2.05) is 41.8 Å². The average molecular weight is 453 g/mol. The highest BCUT2D eigenvalue weighted by Gasteiger charge is 2.16. The lowest BCUT2D eigenvalue weighted by Gasteiger charge is -2.07. The van der Waals surface area contributed by atoms with Crippen molar-refractivity contribution in [2.45, 2.75) is 4.90 Å². The predicted octanol–water partition coefficient (Wildman–Crippen LogP) is 6.15. The summed E-state index contributed by atoms with van der Waals surface area (Å²) >= 11 is 1.65. The van der Waals surface area contributed by atoms with Crippen molar-refractivity contribution in [1.29, 1.82) is 0 Å². The number of phenolic OH excluding ortho intramolecular Hbond substituents is 2. The molecule has 3 N–H and O–H groups in total. The molecule has 156 valence electrons. The van der Waals surface area contributed by atoms with Crippen molar-refractivity contribution < 1.29 is 23.2 Å². The number of aromatic hydroxyl groups is 2. The molecule has 7 nitrogen and oxygen atoms in total. The standard InChI is InChI=1S/C22H16N2O5S2/c25-20-12-17(10-15-11-19(31(27,28)29)13-21(26)22(15)20)24-23-16-6-3-14(4-7-16)5-8-18-2-1-9-30-18/h1-13,25-26H,(H,27,28,29)/b8-5+,24-23?. The van der Waals surface area contributed by atoms with Crippen LogP contribution in [0.25, 0.3) is 22.9 Å². The van der Waals surface area contributed by atoms with Crippen LogP contribution in [0.15, 0.2) is 81.2 Å². The van der Waals surface area contributed by atoms with Gasteiger partial charge in [0.1, 0.15) is 11.5 Å². The molecule has 31 heavy (non-hydrogen) atoms. The number of rotatable bonds is 5. The molecule has 0 bridgehead atoms. The van der Waals surface area contributed by atoms with Crippen LogP contribution in [0.3, 0.4) is 0 Å². The Balaban J connectivity index is 1.60. The van der Waals surface area contributed by atoms with Gasteiger partial charge in [-0.05, 0) is 52.7 Å². The van der Waals surface area contributed by atoms with Crippen molar-refractivity contribution in [3.63, 3.8) is 0 Å². The fourth-order valence-electron chi connectivity index (χ4n) is 2.97. The number of nitrogens with zero attached hydrogens (tertiary/aromatic N) is 2. The Bertz CT molecular complexity index is 1410. The fraction of sp³-hybridized carbons (Fsp3) is 0. The molecular weight excluding hydrogens is 436 g/mol. The van der Waals surface area contributed by atoms with Crippen molar-refractivity contribution in [1.82, 2.24) is 0 Å². The highest BCUT2D eigenvalue weighted by Crippen LogP contribution is 2.38. The van der Waals surface area contributed by atoms with E-state index in [9.17, 15) is 23.2 Å². The Labute approximate surface area is 182 Å². The first-order valence-corrected chi connectivity index (χ1v) is 11.3. The van der Waals surface area contributed by atoms with Crippen LogP contribution in [-0.4, -0.2) is 23.2 Å². The van der Waals surface area contributed by atoms with Crippen molar-refractivity contribution in [2.75, 3.05) is 0 Å². The molecule has 0 radical (unpaired) electrons. The molecule has 4 rings (SSSR count). The molecule has 0 unspecified atom stereocenters. The van der Waals surface area contributed by atoms with Crippen LogP contribution in [0.4, 0.5) is 11.4 Å². The lowest BCUT2D eigenvalue weighted by Crippen LogP contribution is -1.97. The van der Waals surface area contributed by atoms with Gasteiger partial charge in [-0.2, -0.15) is 18.6 Å². The van der Waals surface area contributed by atoms with Gasteiger partial charge in [-0.25, -0.2) is 0 Å². The zero-order valence-corrected chi connectivity index (χ0v) is 17.5. The topological polar surface area (TPSA) is 120 Å². The van der Waals surface area contributed by atoms with E-state index in [0.29, 0.717) is 5.69 Å². The number of hydrogen-bond donors (Lipinski definition) is 3. The highest BCUT2D eigenvalue weighted by atomic mass is 32.2. The van der Waals surface area contributed by atoms with E-state index in [1.165, 1.54) is 12.1 Å². The van der Waals surface area contributed by atoms with Gasteiger partial charge in [-0.15, -0.1) is 11.3 Å². The van der Waals surface area contributed by atoms with Crippen LogP contribution in [-0.2, 0) is 10.1 Å². The van der Waals surface area contributed by atoms with E-state index in [1.54, 1.807) is 23.5 Å². The molecule has 0 aliphatic rings.